The van der Waals surface area contributed by atoms with Gasteiger partial charge in [-0.15, -0.1) is 0 Å². The summed E-state index contributed by atoms with van der Waals surface area (Å²) >= 11 is 0. The maximum Gasteiger partial charge on any atom is 1.00 e. The number of nitrogens with zero attached hydrogens (tertiary/aromatic N) is 3. The molecule has 0 aliphatic rings. The predicted octanol–water partition coefficient (Wildman–Crippen LogP) is -2.53. The Morgan fingerprint density at radius 1 is 1.38 bits per heavy atom. The van der Waals surface area contributed by atoms with Crippen molar-refractivity contribution in [1.29, 1.82) is 15.8 Å². The first-order chi connectivity index (χ1) is 5.79. The van der Waals surface area contributed by atoms with Gasteiger partial charge in [0.25, 0.3) is 0 Å². The molecule has 0 atom stereocenters. The van der Waals surface area contributed by atoms with Crippen molar-refractivity contribution in [2.24, 2.45) is 0 Å². The Labute approximate surface area is 100.0 Å². The number of hydrogen-bond acceptors (Lipinski definition) is 5. The molecule has 0 rings (SSSR count). The molecule has 0 aromatic heterocycles. The summed E-state index contributed by atoms with van der Waals surface area (Å²) in [5, 5.41) is 27.1. The minimum absolute atomic E-state index is 0. The van der Waals surface area contributed by atoms with Crippen LogP contribution in [0.2, 0.25) is 0 Å². The van der Waals surface area contributed by atoms with E-state index in [1.165, 1.54) is 0 Å². The fourth-order valence-electron chi connectivity index (χ4n) is 0.492. The van der Waals surface area contributed by atoms with E-state index in [1.54, 1.807) is 25.3 Å². The molecule has 0 saturated heterocycles. The fourth-order valence-corrected chi connectivity index (χ4v) is 0.492. The van der Waals surface area contributed by atoms with Gasteiger partial charge in [0.1, 0.15) is 12.1 Å². The Hall–Kier alpha value is -1.19. The Kier molecular flexibility index (Phi) is 9.82. The Morgan fingerprint density at radius 2 is 1.92 bits per heavy atom. The number of rotatable bonds is 3. The molecule has 62 valence electrons. The second kappa shape index (κ2) is 8.90. The second-order valence-corrected chi connectivity index (χ2v) is 1.60. The quantitative estimate of drug-likeness (QED) is 0.172. The summed E-state index contributed by atoms with van der Waals surface area (Å²) < 4.78 is 4.83. The molecule has 0 amide bonds. The van der Waals surface area contributed by atoms with Crippen molar-refractivity contribution in [2.75, 3.05) is 6.61 Å². The van der Waals surface area contributed by atoms with E-state index in [1.807, 2.05) is 0 Å². The normalized spacial score (nSPS) is 6.31. The molecule has 0 saturated carbocycles. The average Bonchev–Trinajstić information content (AvgIpc) is 2.07. The fraction of sp³-hybridized carbons (Fsp3) is 0.286. The minimum atomic E-state index is -0.238. The van der Waals surface area contributed by atoms with Crippen LogP contribution in [0.1, 0.15) is 8.35 Å². The smallest absolute Gasteiger partial charge is 1.00 e. The summed E-state index contributed by atoms with van der Waals surface area (Å²) in [6.07, 6.45) is 1.57. The van der Waals surface area contributed by atoms with Crippen LogP contribution >= 0.6 is 0 Å². The summed E-state index contributed by atoms with van der Waals surface area (Å²) in [6, 6.07) is 3.20. The van der Waals surface area contributed by atoms with Crippen LogP contribution in [0.5, 0.6) is 0 Å². The molecular weight excluding hydrogens is 179 g/mol. The molecule has 0 bridgehead atoms. The van der Waals surface area contributed by atoms with E-state index >= 15 is 0 Å². The SMILES string of the molecule is CCOC(NC#N)=C(C#N)C#N.[H-].[Na+]. The van der Waals surface area contributed by atoms with Crippen LogP contribution in [0.3, 0.4) is 0 Å². The third kappa shape index (κ3) is 5.11. The molecule has 0 aliphatic heterocycles. The summed E-state index contributed by atoms with van der Waals surface area (Å²) in [4.78, 5) is 0. The van der Waals surface area contributed by atoms with E-state index in [2.05, 4.69) is 5.32 Å². The van der Waals surface area contributed by atoms with Crippen LogP contribution < -0.4 is 34.9 Å². The van der Waals surface area contributed by atoms with Crippen molar-refractivity contribution in [1.82, 2.24) is 5.32 Å². The zero-order valence-electron chi connectivity index (χ0n) is 8.46. The summed E-state index contributed by atoms with van der Waals surface area (Å²) in [7, 11) is 0. The third-order valence-corrected chi connectivity index (χ3v) is 0.909. The van der Waals surface area contributed by atoms with Crippen molar-refractivity contribution in [2.45, 2.75) is 6.92 Å². The van der Waals surface area contributed by atoms with Crippen molar-refractivity contribution in [3.05, 3.63) is 11.5 Å². The van der Waals surface area contributed by atoms with Gasteiger partial charge in [0.15, 0.2) is 11.8 Å². The molecule has 6 heteroatoms. The minimum Gasteiger partial charge on any atom is -1.00 e. The van der Waals surface area contributed by atoms with Crippen LogP contribution in [-0.2, 0) is 4.74 Å². The second-order valence-electron chi connectivity index (χ2n) is 1.60. The van der Waals surface area contributed by atoms with Crippen molar-refractivity contribution in [3.63, 3.8) is 0 Å². The van der Waals surface area contributed by atoms with Gasteiger partial charge in [0, 0.05) is 0 Å². The Bertz CT molecular complexity index is 293. The van der Waals surface area contributed by atoms with E-state index < -0.39 is 0 Å². The van der Waals surface area contributed by atoms with Gasteiger partial charge < -0.3 is 6.16 Å². The molecule has 0 fully saturated rings. The first-order valence-electron chi connectivity index (χ1n) is 3.12. The monoisotopic (exact) mass is 186 g/mol. The van der Waals surface area contributed by atoms with E-state index in [9.17, 15) is 0 Å². The molecule has 0 radical (unpaired) electrons. The predicted molar refractivity (Wildman–Crippen MR) is 39.7 cm³/mol. The summed E-state index contributed by atoms with van der Waals surface area (Å²) in [5.74, 6) is -0.0926. The number of hydrogen-bond donors (Lipinski definition) is 1. The maximum atomic E-state index is 8.39. The van der Waals surface area contributed by atoms with Crippen LogP contribution in [0, 0.1) is 34.1 Å². The molecule has 0 aliphatic carbocycles. The van der Waals surface area contributed by atoms with Gasteiger partial charge in [0.2, 0.25) is 5.88 Å². The van der Waals surface area contributed by atoms with Gasteiger partial charge in [-0.1, -0.05) is 0 Å². The molecule has 0 spiro atoms. The molecule has 1 N–H and O–H groups in total. The standard InChI is InChI=1S/C7H6N4O.Na.H/c1-2-12-7(11-5-10)6(3-8)4-9;;/h11H,2H2,1H3;;/q;+1;-1. The Balaban J connectivity index is -0.000000605. The topological polar surface area (TPSA) is 92.6 Å². The number of nitriles is 3. The molecule has 0 heterocycles. The van der Waals surface area contributed by atoms with Crippen LogP contribution in [0.4, 0.5) is 0 Å². The maximum absolute atomic E-state index is 8.39. The molecule has 0 aromatic carbocycles. The molecule has 13 heavy (non-hydrogen) atoms. The van der Waals surface area contributed by atoms with Gasteiger partial charge in [0.05, 0.1) is 6.61 Å². The first-order valence-corrected chi connectivity index (χ1v) is 3.12. The average molecular weight is 186 g/mol. The Morgan fingerprint density at radius 3 is 2.23 bits per heavy atom. The number of ether oxygens (including phenoxy) is 1. The van der Waals surface area contributed by atoms with Gasteiger partial charge in [-0.2, -0.15) is 15.8 Å². The van der Waals surface area contributed by atoms with E-state index in [0.717, 1.165) is 0 Å². The van der Waals surface area contributed by atoms with Crippen LogP contribution in [0.25, 0.3) is 0 Å². The summed E-state index contributed by atoms with van der Waals surface area (Å²) in [5.41, 5.74) is -0.238. The van der Waals surface area contributed by atoms with Gasteiger partial charge in [-0.05, 0) is 6.92 Å². The molecule has 0 unspecified atom stereocenters. The molecule has 0 aromatic rings. The zero-order valence-corrected chi connectivity index (χ0v) is 9.46. The zero-order chi connectivity index (χ0) is 9.40. The number of nitrogens with one attached hydrogen (secondary N) is 1. The summed E-state index contributed by atoms with van der Waals surface area (Å²) in [6.45, 7) is 1.97. The first kappa shape index (κ1) is 14.3. The van der Waals surface area contributed by atoms with Crippen molar-refractivity contribution in [3.8, 4) is 18.3 Å². The van der Waals surface area contributed by atoms with Crippen LogP contribution in [-0.4, -0.2) is 6.61 Å². The van der Waals surface area contributed by atoms with E-state index in [-0.39, 0.29) is 49.0 Å². The van der Waals surface area contributed by atoms with Gasteiger partial charge in [-0.25, -0.2) is 0 Å². The third-order valence-electron chi connectivity index (χ3n) is 0.909. The van der Waals surface area contributed by atoms with Crippen LogP contribution in [0.15, 0.2) is 11.5 Å². The van der Waals surface area contributed by atoms with Gasteiger partial charge >= 0.3 is 29.6 Å². The molecule has 5 nitrogen and oxygen atoms in total. The number of allylic oxidation sites excluding steroid dienone is 1. The van der Waals surface area contributed by atoms with Crippen molar-refractivity contribution >= 4 is 0 Å². The molecular formula is C7H7N4NaO. The van der Waals surface area contributed by atoms with Crippen molar-refractivity contribution < 1.29 is 35.7 Å². The van der Waals surface area contributed by atoms with Gasteiger partial charge in [-0.3, -0.25) is 5.32 Å². The van der Waals surface area contributed by atoms with E-state index in [0.29, 0.717) is 0 Å². The van der Waals surface area contributed by atoms with E-state index in [4.69, 9.17) is 20.5 Å². The largest absolute Gasteiger partial charge is 1.00 e.